The topological polar surface area (TPSA) is 34.1 Å². The maximum Gasteiger partial charge on any atom is 0.125 e. The summed E-state index contributed by atoms with van der Waals surface area (Å²) in [5, 5.41) is 2.99. The molecule has 0 saturated carbocycles. The molecule has 0 bridgehead atoms. The molecular weight excluding hydrogens is 224 g/mol. The Morgan fingerprint density at radius 3 is 2.39 bits per heavy atom. The number of hydrogen-bond donors (Lipinski definition) is 1. The normalized spacial score (nSPS) is 10.2. The van der Waals surface area contributed by atoms with E-state index in [0.717, 1.165) is 28.3 Å². The molecule has 2 rings (SSSR count). The summed E-state index contributed by atoms with van der Waals surface area (Å²) in [6.45, 7) is 4.66. The van der Waals surface area contributed by atoms with Crippen molar-refractivity contribution in [3.05, 3.63) is 53.2 Å². The first-order chi connectivity index (χ1) is 8.70. The van der Waals surface area contributed by atoms with Gasteiger partial charge < -0.3 is 10.1 Å². The summed E-state index contributed by atoms with van der Waals surface area (Å²) in [7, 11) is 1.86. The molecule has 0 fully saturated rings. The molecule has 0 unspecified atom stereocenters. The van der Waals surface area contributed by atoms with Crippen LogP contribution in [0.4, 0.5) is 5.82 Å². The highest BCUT2D eigenvalue weighted by molar-refractivity contribution is 5.40. The second-order valence-corrected chi connectivity index (χ2v) is 4.31. The molecule has 0 radical (unpaired) electrons. The first-order valence-electron chi connectivity index (χ1n) is 6.02. The van der Waals surface area contributed by atoms with Crippen LogP contribution in [0.2, 0.25) is 0 Å². The van der Waals surface area contributed by atoms with E-state index < -0.39 is 0 Å². The summed E-state index contributed by atoms with van der Waals surface area (Å²) in [6.07, 6.45) is 1.83. The molecule has 0 aliphatic carbocycles. The van der Waals surface area contributed by atoms with Gasteiger partial charge in [-0.2, -0.15) is 0 Å². The summed E-state index contributed by atoms with van der Waals surface area (Å²) >= 11 is 0. The second kappa shape index (κ2) is 5.54. The zero-order valence-electron chi connectivity index (χ0n) is 11.0. The summed E-state index contributed by atoms with van der Waals surface area (Å²) in [4.78, 5) is 4.26. The molecular formula is C15H18N2O. The van der Waals surface area contributed by atoms with Gasteiger partial charge in [0.1, 0.15) is 18.2 Å². The maximum absolute atomic E-state index is 5.87. The van der Waals surface area contributed by atoms with Crippen LogP contribution in [-0.4, -0.2) is 12.0 Å². The molecule has 0 saturated heterocycles. The van der Waals surface area contributed by atoms with Crippen LogP contribution in [-0.2, 0) is 6.61 Å². The zero-order chi connectivity index (χ0) is 13.0. The number of aromatic nitrogens is 1. The van der Waals surface area contributed by atoms with Crippen LogP contribution >= 0.6 is 0 Å². The Morgan fingerprint density at radius 2 is 1.83 bits per heavy atom. The lowest BCUT2D eigenvalue weighted by Crippen LogP contribution is -2.00. The van der Waals surface area contributed by atoms with Gasteiger partial charge in [-0.3, -0.25) is 0 Å². The van der Waals surface area contributed by atoms with Crippen molar-refractivity contribution in [1.29, 1.82) is 0 Å². The van der Waals surface area contributed by atoms with E-state index >= 15 is 0 Å². The minimum atomic E-state index is 0.544. The molecule has 1 aromatic heterocycles. The molecule has 0 aliphatic rings. The molecule has 3 nitrogen and oxygen atoms in total. The smallest absolute Gasteiger partial charge is 0.125 e. The number of nitrogens with one attached hydrogen (secondary N) is 1. The van der Waals surface area contributed by atoms with Crippen molar-refractivity contribution in [2.75, 3.05) is 12.4 Å². The van der Waals surface area contributed by atoms with Crippen molar-refractivity contribution in [2.24, 2.45) is 0 Å². The molecule has 1 aromatic carbocycles. The van der Waals surface area contributed by atoms with Crippen molar-refractivity contribution in [1.82, 2.24) is 4.98 Å². The summed E-state index contributed by atoms with van der Waals surface area (Å²) in [5.41, 5.74) is 3.39. The van der Waals surface area contributed by atoms with Gasteiger partial charge in [0, 0.05) is 18.8 Å². The van der Waals surface area contributed by atoms with Gasteiger partial charge >= 0.3 is 0 Å². The lowest BCUT2D eigenvalue weighted by Gasteiger charge is -2.11. The second-order valence-electron chi connectivity index (χ2n) is 4.31. The SMILES string of the molecule is CNc1ccc(COc2c(C)cccc2C)cn1. The molecule has 0 aliphatic heterocycles. The fraction of sp³-hybridized carbons (Fsp3) is 0.267. The monoisotopic (exact) mass is 242 g/mol. The Morgan fingerprint density at radius 1 is 1.11 bits per heavy atom. The summed E-state index contributed by atoms with van der Waals surface area (Å²) in [6, 6.07) is 10.1. The molecule has 94 valence electrons. The van der Waals surface area contributed by atoms with Gasteiger partial charge in [0.2, 0.25) is 0 Å². The highest BCUT2D eigenvalue weighted by Crippen LogP contribution is 2.23. The third-order valence-corrected chi connectivity index (χ3v) is 2.87. The molecule has 1 N–H and O–H groups in total. The lowest BCUT2D eigenvalue weighted by atomic mass is 10.1. The van der Waals surface area contributed by atoms with E-state index in [2.05, 4.69) is 36.3 Å². The highest BCUT2D eigenvalue weighted by Gasteiger charge is 2.03. The average molecular weight is 242 g/mol. The predicted molar refractivity (Wildman–Crippen MR) is 74.0 cm³/mol. The summed E-state index contributed by atoms with van der Waals surface area (Å²) in [5.74, 6) is 1.83. The van der Waals surface area contributed by atoms with E-state index in [1.807, 2.05) is 31.4 Å². The Hall–Kier alpha value is -2.03. The van der Waals surface area contributed by atoms with Crippen LogP contribution in [0.15, 0.2) is 36.5 Å². The fourth-order valence-corrected chi connectivity index (χ4v) is 1.84. The van der Waals surface area contributed by atoms with Crippen molar-refractivity contribution in [2.45, 2.75) is 20.5 Å². The number of nitrogens with zero attached hydrogens (tertiary/aromatic N) is 1. The van der Waals surface area contributed by atoms with Gasteiger partial charge in [0.05, 0.1) is 0 Å². The molecule has 0 atom stereocenters. The molecule has 1 heterocycles. The Balaban J connectivity index is 2.06. The number of para-hydroxylation sites is 1. The number of hydrogen-bond acceptors (Lipinski definition) is 3. The quantitative estimate of drug-likeness (QED) is 0.893. The molecule has 2 aromatic rings. The van der Waals surface area contributed by atoms with Crippen molar-refractivity contribution in [3.63, 3.8) is 0 Å². The Kier molecular flexibility index (Phi) is 3.82. The number of pyridine rings is 1. The molecule has 0 spiro atoms. The summed E-state index contributed by atoms with van der Waals surface area (Å²) < 4.78 is 5.87. The lowest BCUT2D eigenvalue weighted by molar-refractivity contribution is 0.301. The van der Waals surface area contributed by atoms with Gasteiger partial charge in [-0.25, -0.2) is 4.98 Å². The van der Waals surface area contributed by atoms with Crippen molar-refractivity contribution >= 4 is 5.82 Å². The average Bonchev–Trinajstić information content (AvgIpc) is 2.39. The molecule has 0 amide bonds. The standard InChI is InChI=1S/C15H18N2O/c1-11-5-4-6-12(2)15(11)18-10-13-7-8-14(16-3)17-9-13/h4-9H,10H2,1-3H3,(H,16,17). The third kappa shape index (κ3) is 2.80. The fourth-order valence-electron chi connectivity index (χ4n) is 1.84. The van der Waals surface area contributed by atoms with Crippen LogP contribution in [0.3, 0.4) is 0 Å². The van der Waals surface area contributed by atoms with E-state index in [1.54, 1.807) is 0 Å². The minimum Gasteiger partial charge on any atom is -0.488 e. The Labute approximate surface area is 108 Å². The van der Waals surface area contributed by atoms with E-state index in [9.17, 15) is 0 Å². The van der Waals surface area contributed by atoms with Crippen LogP contribution < -0.4 is 10.1 Å². The first-order valence-corrected chi connectivity index (χ1v) is 6.02. The Bertz CT molecular complexity index is 500. The van der Waals surface area contributed by atoms with E-state index in [4.69, 9.17) is 4.74 Å². The van der Waals surface area contributed by atoms with Gasteiger partial charge in [0.25, 0.3) is 0 Å². The van der Waals surface area contributed by atoms with Gasteiger partial charge in [-0.05, 0) is 31.0 Å². The number of aryl methyl sites for hydroxylation is 2. The van der Waals surface area contributed by atoms with Gasteiger partial charge in [0.15, 0.2) is 0 Å². The highest BCUT2D eigenvalue weighted by atomic mass is 16.5. The van der Waals surface area contributed by atoms with E-state index in [1.165, 1.54) is 0 Å². The van der Waals surface area contributed by atoms with Crippen LogP contribution in [0.1, 0.15) is 16.7 Å². The number of rotatable bonds is 4. The predicted octanol–water partition coefficient (Wildman–Crippen LogP) is 3.32. The van der Waals surface area contributed by atoms with Gasteiger partial charge in [-0.15, -0.1) is 0 Å². The first kappa shape index (κ1) is 12.4. The molecule has 18 heavy (non-hydrogen) atoms. The van der Waals surface area contributed by atoms with Gasteiger partial charge in [-0.1, -0.05) is 24.3 Å². The maximum atomic E-state index is 5.87. The van der Waals surface area contributed by atoms with Crippen LogP contribution in [0.25, 0.3) is 0 Å². The number of ether oxygens (including phenoxy) is 1. The minimum absolute atomic E-state index is 0.544. The van der Waals surface area contributed by atoms with E-state index in [-0.39, 0.29) is 0 Å². The zero-order valence-corrected chi connectivity index (χ0v) is 11.0. The van der Waals surface area contributed by atoms with Crippen molar-refractivity contribution in [3.8, 4) is 5.75 Å². The van der Waals surface area contributed by atoms with Crippen LogP contribution in [0, 0.1) is 13.8 Å². The van der Waals surface area contributed by atoms with E-state index in [0.29, 0.717) is 6.61 Å². The number of anilines is 1. The molecule has 3 heteroatoms. The van der Waals surface area contributed by atoms with Crippen molar-refractivity contribution < 1.29 is 4.74 Å². The number of benzene rings is 1. The largest absolute Gasteiger partial charge is 0.488 e. The third-order valence-electron chi connectivity index (χ3n) is 2.87. The van der Waals surface area contributed by atoms with Crippen LogP contribution in [0.5, 0.6) is 5.75 Å².